The molecule has 5 aliphatic carbocycles. The molecule has 1 heterocycles. The molecule has 0 spiro atoms. The van der Waals surface area contributed by atoms with Crippen molar-refractivity contribution in [3.8, 4) is 0 Å². The van der Waals surface area contributed by atoms with Gasteiger partial charge < -0.3 is 5.32 Å². The van der Waals surface area contributed by atoms with Crippen LogP contribution in [-0.2, 0) is 17.8 Å². The molecule has 0 saturated heterocycles. The summed E-state index contributed by atoms with van der Waals surface area (Å²) in [6.45, 7) is 0.802. The van der Waals surface area contributed by atoms with E-state index in [1.54, 1.807) is 0 Å². The lowest BCUT2D eigenvalue weighted by Crippen LogP contribution is -2.54. The van der Waals surface area contributed by atoms with Crippen LogP contribution in [-0.4, -0.2) is 20.0 Å². The summed E-state index contributed by atoms with van der Waals surface area (Å²) in [5.74, 6) is 1.91. The van der Waals surface area contributed by atoms with Gasteiger partial charge in [0.2, 0.25) is 5.91 Å². The molecule has 0 aliphatic heterocycles. The van der Waals surface area contributed by atoms with Gasteiger partial charge in [-0.1, -0.05) is 46.3 Å². The molecule has 164 valence electrons. The molecular weight excluding hydrogens is 450 g/mol. The van der Waals surface area contributed by atoms with Crippen LogP contribution in [0.1, 0.15) is 80.7 Å². The first-order valence-corrected chi connectivity index (χ1v) is 12.9. The SMILES string of the molecule is O=C(CC12CC3CC(CC(Br)(C3)C1)C2)NC1CCCc2c1cnn2Cc1ccccc1. The summed E-state index contributed by atoms with van der Waals surface area (Å²) in [5, 5.41) is 8.13. The van der Waals surface area contributed by atoms with Crippen LogP contribution in [0.2, 0.25) is 0 Å². The summed E-state index contributed by atoms with van der Waals surface area (Å²) in [5.41, 5.74) is 4.03. The fraction of sp³-hybridized carbons (Fsp3) is 0.615. The van der Waals surface area contributed by atoms with E-state index in [4.69, 9.17) is 5.10 Å². The van der Waals surface area contributed by atoms with Crippen molar-refractivity contribution in [2.24, 2.45) is 17.3 Å². The minimum Gasteiger partial charge on any atom is -0.349 e. The molecule has 5 aliphatic rings. The predicted molar refractivity (Wildman–Crippen MR) is 125 cm³/mol. The third kappa shape index (κ3) is 3.77. The van der Waals surface area contributed by atoms with Gasteiger partial charge in [-0.2, -0.15) is 5.10 Å². The van der Waals surface area contributed by atoms with E-state index in [1.807, 2.05) is 6.20 Å². The molecule has 7 rings (SSSR count). The fourth-order valence-electron chi connectivity index (χ4n) is 7.79. The summed E-state index contributed by atoms with van der Waals surface area (Å²) >= 11 is 4.09. The number of nitrogens with one attached hydrogen (secondary N) is 1. The first kappa shape index (κ1) is 20.0. The molecule has 0 radical (unpaired) electrons. The van der Waals surface area contributed by atoms with Crippen LogP contribution >= 0.6 is 15.9 Å². The Kier molecular flexibility index (Phi) is 4.82. The summed E-state index contributed by atoms with van der Waals surface area (Å²) in [6.07, 6.45) is 13.6. The molecule has 4 fully saturated rings. The number of amides is 1. The molecule has 4 saturated carbocycles. The number of hydrogen-bond acceptors (Lipinski definition) is 2. The average Bonchev–Trinajstić information content (AvgIpc) is 3.10. The zero-order valence-electron chi connectivity index (χ0n) is 18.2. The Bertz CT molecular complexity index is 970. The van der Waals surface area contributed by atoms with E-state index in [-0.39, 0.29) is 17.4 Å². The van der Waals surface area contributed by atoms with Gasteiger partial charge in [0.15, 0.2) is 0 Å². The molecule has 1 N–H and O–H groups in total. The molecule has 3 atom stereocenters. The predicted octanol–water partition coefficient (Wildman–Crippen LogP) is 5.55. The maximum Gasteiger partial charge on any atom is 0.221 e. The summed E-state index contributed by atoms with van der Waals surface area (Å²) < 4.78 is 2.45. The van der Waals surface area contributed by atoms with E-state index < -0.39 is 0 Å². The zero-order chi connectivity index (χ0) is 21.1. The second-order valence-electron chi connectivity index (χ2n) is 11.0. The maximum atomic E-state index is 13.3. The van der Waals surface area contributed by atoms with E-state index in [0.717, 1.165) is 37.6 Å². The maximum absolute atomic E-state index is 13.3. The lowest BCUT2D eigenvalue weighted by atomic mass is 9.48. The van der Waals surface area contributed by atoms with Crippen molar-refractivity contribution < 1.29 is 4.79 Å². The summed E-state index contributed by atoms with van der Waals surface area (Å²) in [6, 6.07) is 10.6. The Balaban J connectivity index is 1.16. The smallest absolute Gasteiger partial charge is 0.221 e. The topological polar surface area (TPSA) is 46.9 Å². The summed E-state index contributed by atoms with van der Waals surface area (Å²) in [4.78, 5) is 13.3. The number of benzene rings is 1. The first-order valence-electron chi connectivity index (χ1n) is 12.1. The molecule has 2 aromatic rings. The van der Waals surface area contributed by atoms with Crippen molar-refractivity contribution >= 4 is 21.8 Å². The van der Waals surface area contributed by atoms with Crippen LogP contribution in [0.4, 0.5) is 0 Å². The van der Waals surface area contributed by atoms with Crippen molar-refractivity contribution in [3.63, 3.8) is 0 Å². The van der Waals surface area contributed by atoms with Gasteiger partial charge in [0.05, 0.1) is 18.8 Å². The second kappa shape index (κ2) is 7.47. The number of rotatable bonds is 5. The number of carbonyl (C=O) groups is 1. The van der Waals surface area contributed by atoms with Crippen LogP contribution in [0.5, 0.6) is 0 Å². The molecule has 31 heavy (non-hydrogen) atoms. The van der Waals surface area contributed by atoms with E-state index in [0.29, 0.717) is 10.7 Å². The van der Waals surface area contributed by atoms with E-state index >= 15 is 0 Å². The van der Waals surface area contributed by atoms with Crippen molar-refractivity contribution in [2.45, 2.75) is 81.1 Å². The quantitative estimate of drug-likeness (QED) is 0.569. The van der Waals surface area contributed by atoms with Gasteiger partial charge in [-0.3, -0.25) is 9.48 Å². The van der Waals surface area contributed by atoms with E-state index in [9.17, 15) is 4.79 Å². The van der Waals surface area contributed by atoms with Gasteiger partial charge in [-0.25, -0.2) is 0 Å². The molecule has 1 amide bonds. The number of aromatic nitrogens is 2. The normalized spacial score (nSPS) is 35.7. The van der Waals surface area contributed by atoms with Gasteiger partial charge in [-0.15, -0.1) is 0 Å². The number of hydrogen-bond donors (Lipinski definition) is 1. The van der Waals surface area contributed by atoms with Crippen molar-refractivity contribution in [1.29, 1.82) is 0 Å². The Morgan fingerprint density at radius 3 is 2.68 bits per heavy atom. The van der Waals surface area contributed by atoms with E-state index in [1.165, 1.54) is 55.3 Å². The van der Waals surface area contributed by atoms with Crippen molar-refractivity contribution in [2.75, 3.05) is 0 Å². The number of nitrogens with zero attached hydrogens (tertiary/aromatic N) is 2. The third-order valence-corrected chi connectivity index (χ3v) is 9.35. The minimum absolute atomic E-state index is 0.118. The molecule has 3 unspecified atom stereocenters. The van der Waals surface area contributed by atoms with Crippen molar-refractivity contribution in [3.05, 3.63) is 53.3 Å². The highest BCUT2D eigenvalue weighted by atomic mass is 79.9. The van der Waals surface area contributed by atoms with E-state index in [2.05, 4.69) is 56.3 Å². The number of alkyl halides is 1. The summed E-state index contributed by atoms with van der Waals surface area (Å²) in [7, 11) is 0. The molecule has 1 aromatic carbocycles. The third-order valence-electron chi connectivity index (χ3n) is 8.42. The van der Waals surface area contributed by atoms with Gasteiger partial charge in [0, 0.05) is 22.0 Å². The molecule has 4 bridgehead atoms. The Labute approximate surface area is 193 Å². The Hall–Kier alpha value is -1.62. The van der Waals surface area contributed by atoms with Crippen LogP contribution in [0.25, 0.3) is 0 Å². The minimum atomic E-state index is 0.118. The average molecular weight is 482 g/mol. The second-order valence-corrected chi connectivity index (χ2v) is 12.7. The molecule has 1 aromatic heterocycles. The van der Waals surface area contributed by atoms with Gasteiger partial charge in [0.1, 0.15) is 0 Å². The molecule has 4 nitrogen and oxygen atoms in total. The fourth-order valence-corrected chi connectivity index (χ4v) is 9.30. The Morgan fingerprint density at radius 2 is 1.94 bits per heavy atom. The lowest BCUT2D eigenvalue weighted by molar-refractivity contribution is -0.129. The van der Waals surface area contributed by atoms with Gasteiger partial charge in [-0.05, 0) is 80.6 Å². The van der Waals surface area contributed by atoms with Crippen LogP contribution in [0.3, 0.4) is 0 Å². The first-order chi connectivity index (χ1) is 15.0. The number of fused-ring (bicyclic) bond motifs is 1. The highest BCUT2D eigenvalue weighted by Crippen LogP contribution is 2.65. The molecular formula is C26H32BrN3O. The lowest BCUT2D eigenvalue weighted by Gasteiger charge is -2.60. The number of carbonyl (C=O) groups excluding carboxylic acids is 1. The monoisotopic (exact) mass is 481 g/mol. The van der Waals surface area contributed by atoms with Crippen LogP contribution in [0.15, 0.2) is 36.5 Å². The zero-order valence-corrected chi connectivity index (χ0v) is 19.7. The largest absolute Gasteiger partial charge is 0.349 e. The van der Waals surface area contributed by atoms with Gasteiger partial charge in [0.25, 0.3) is 0 Å². The number of halogens is 1. The van der Waals surface area contributed by atoms with Crippen LogP contribution < -0.4 is 5.32 Å². The highest BCUT2D eigenvalue weighted by Gasteiger charge is 2.57. The molecule has 5 heteroatoms. The Morgan fingerprint density at radius 1 is 1.16 bits per heavy atom. The standard InChI is InChI=1S/C26H32BrN3O/c27-26-12-19-9-20(13-26)11-25(10-19,17-26)14-24(31)29-22-7-4-8-23-21(22)15-28-30(23)16-18-5-2-1-3-6-18/h1-3,5-6,15,19-20,22H,4,7-14,16-17H2,(H,29,31). The highest BCUT2D eigenvalue weighted by molar-refractivity contribution is 9.10. The van der Waals surface area contributed by atoms with Crippen molar-refractivity contribution in [1.82, 2.24) is 15.1 Å². The van der Waals surface area contributed by atoms with Crippen LogP contribution in [0, 0.1) is 17.3 Å². The van der Waals surface area contributed by atoms with Gasteiger partial charge >= 0.3 is 0 Å².